The number of hydrogen-bond donors (Lipinski definition) is 0. The van der Waals surface area contributed by atoms with Crippen molar-refractivity contribution >= 4 is 0 Å². The van der Waals surface area contributed by atoms with Crippen LogP contribution in [0.15, 0.2) is 66.9 Å². The minimum atomic E-state index is 0.529. The van der Waals surface area contributed by atoms with E-state index in [1.807, 2.05) is 28.9 Å². The number of likely N-dealkylation sites (tertiary alicyclic amines) is 1. The van der Waals surface area contributed by atoms with Crippen LogP contribution < -0.4 is 4.74 Å². The maximum Gasteiger partial charge on any atom is 0.241 e. The molecule has 4 rings (SSSR count). The summed E-state index contributed by atoms with van der Waals surface area (Å²) >= 11 is 0. The topological polar surface area (TPSA) is 30.3 Å². The zero-order chi connectivity index (χ0) is 19.2. The Morgan fingerprint density at radius 2 is 1.71 bits per heavy atom. The lowest BCUT2D eigenvalue weighted by Gasteiger charge is -2.33. The largest absolute Gasteiger partial charge is 0.471 e. The molecule has 0 N–H and O–H groups in total. The highest BCUT2D eigenvalue weighted by Gasteiger charge is 2.19. The molecule has 0 spiro atoms. The van der Waals surface area contributed by atoms with Crippen molar-refractivity contribution < 1.29 is 4.74 Å². The van der Waals surface area contributed by atoms with E-state index in [1.54, 1.807) is 0 Å². The van der Waals surface area contributed by atoms with Gasteiger partial charge in [0.25, 0.3) is 0 Å². The summed E-state index contributed by atoms with van der Waals surface area (Å²) in [6.07, 6.45) is 6.10. The van der Waals surface area contributed by atoms with E-state index in [1.165, 1.54) is 25.8 Å². The Bertz CT molecular complexity index is 860. The molecular weight excluding hydrogens is 346 g/mol. The summed E-state index contributed by atoms with van der Waals surface area (Å²) in [5.74, 6) is 0.710. The maximum absolute atomic E-state index is 6.13. The highest BCUT2D eigenvalue weighted by Crippen LogP contribution is 2.29. The lowest BCUT2D eigenvalue weighted by atomic mass is 10.0. The Kier molecular flexibility index (Phi) is 6.07. The molecule has 2 heterocycles. The lowest BCUT2D eigenvalue weighted by molar-refractivity contribution is 0.153. The van der Waals surface area contributed by atoms with E-state index in [9.17, 15) is 0 Å². The molecule has 0 bridgehead atoms. The van der Waals surface area contributed by atoms with Gasteiger partial charge in [-0.1, -0.05) is 67.1 Å². The third kappa shape index (κ3) is 4.63. The normalized spacial score (nSPS) is 17.5. The monoisotopic (exact) mass is 375 g/mol. The summed E-state index contributed by atoms with van der Waals surface area (Å²) in [6, 6.07) is 21.3. The van der Waals surface area contributed by atoms with Gasteiger partial charge in [-0.25, -0.2) is 0 Å². The fourth-order valence-corrected chi connectivity index (χ4v) is 3.89. The van der Waals surface area contributed by atoms with Crippen LogP contribution in [0.3, 0.4) is 0 Å². The fraction of sp³-hybridized carbons (Fsp3) is 0.375. The second-order valence-electron chi connectivity index (χ2n) is 7.63. The molecule has 1 aromatic heterocycles. The second kappa shape index (κ2) is 9.07. The summed E-state index contributed by atoms with van der Waals surface area (Å²) in [4.78, 5) is 2.58. The van der Waals surface area contributed by atoms with Crippen LogP contribution in [0.1, 0.15) is 31.7 Å². The second-order valence-corrected chi connectivity index (χ2v) is 7.63. The van der Waals surface area contributed by atoms with E-state index in [0.29, 0.717) is 18.5 Å². The standard InChI is InChI=1S/C24H29N3O/c1-20-10-8-9-15-26(20)16-17-27-18-23(22-13-6-3-7-14-22)24(25-27)28-19-21-11-4-2-5-12-21/h2-7,11-14,18,20H,8-10,15-17,19H2,1H3. The van der Waals surface area contributed by atoms with E-state index in [2.05, 4.69) is 54.4 Å². The van der Waals surface area contributed by atoms with E-state index >= 15 is 0 Å². The molecule has 3 aromatic rings. The number of piperidine rings is 1. The third-order valence-corrected chi connectivity index (χ3v) is 5.59. The first-order chi connectivity index (χ1) is 13.8. The van der Waals surface area contributed by atoms with Crippen LogP contribution in [0.25, 0.3) is 11.1 Å². The number of hydrogen-bond acceptors (Lipinski definition) is 3. The minimum absolute atomic E-state index is 0.529. The highest BCUT2D eigenvalue weighted by atomic mass is 16.5. The first-order valence-corrected chi connectivity index (χ1v) is 10.3. The molecule has 0 radical (unpaired) electrons. The molecule has 146 valence electrons. The number of ether oxygens (including phenoxy) is 1. The molecule has 0 saturated carbocycles. The van der Waals surface area contributed by atoms with Crippen LogP contribution >= 0.6 is 0 Å². The predicted molar refractivity (Wildman–Crippen MR) is 113 cm³/mol. The van der Waals surface area contributed by atoms with Crippen molar-refractivity contribution in [2.75, 3.05) is 13.1 Å². The molecule has 1 saturated heterocycles. The summed E-state index contributed by atoms with van der Waals surface area (Å²) < 4.78 is 8.17. The Morgan fingerprint density at radius 3 is 2.46 bits per heavy atom. The molecule has 1 aliphatic heterocycles. The first kappa shape index (κ1) is 18.8. The number of benzene rings is 2. The highest BCUT2D eigenvalue weighted by molar-refractivity contribution is 5.67. The van der Waals surface area contributed by atoms with Gasteiger partial charge in [-0.2, -0.15) is 0 Å². The van der Waals surface area contributed by atoms with Crippen molar-refractivity contribution in [1.29, 1.82) is 0 Å². The third-order valence-electron chi connectivity index (χ3n) is 5.59. The molecule has 4 nitrogen and oxygen atoms in total. The Labute approximate surface area is 167 Å². The summed E-state index contributed by atoms with van der Waals surface area (Å²) in [7, 11) is 0. The van der Waals surface area contributed by atoms with Gasteiger partial charge in [0.1, 0.15) is 6.61 Å². The molecule has 0 aliphatic carbocycles. The lowest BCUT2D eigenvalue weighted by Crippen LogP contribution is -2.39. The molecular formula is C24H29N3O. The van der Waals surface area contributed by atoms with Gasteiger partial charge in [-0.05, 0) is 37.4 Å². The Balaban J connectivity index is 1.50. The van der Waals surface area contributed by atoms with Crippen molar-refractivity contribution in [3.05, 3.63) is 72.4 Å². The minimum Gasteiger partial charge on any atom is -0.471 e. The van der Waals surface area contributed by atoms with Gasteiger partial charge in [0, 0.05) is 18.8 Å². The quantitative estimate of drug-likeness (QED) is 0.582. The van der Waals surface area contributed by atoms with Crippen LogP contribution in [-0.4, -0.2) is 33.8 Å². The Hall–Kier alpha value is -2.59. The van der Waals surface area contributed by atoms with Crippen LogP contribution in [0.4, 0.5) is 0 Å². The zero-order valence-electron chi connectivity index (χ0n) is 16.6. The van der Waals surface area contributed by atoms with Gasteiger partial charge >= 0.3 is 0 Å². The van der Waals surface area contributed by atoms with Crippen molar-refractivity contribution in [2.24, 2.45) is 0 Å². The molecule has 2 aromatic carbocycles. The van der Waals surface area contributed by atoms with Crippen LogP contribution in [0.2, 0.25) is 0 Å². The number of nitrogens with zero attached hydrogens (tertiary/aromatic N) is 3. The summed E-state index contributed by atoms with van der Waals surface area (Å²) in [5, 5.41) is 4.78. The van der Waals surface area contributed by atoms with Gasteiger partial charge in [0.05, 0.1) is 12.1 Å². The van der Waals surface area contributed by atoms with Crippen LogP contribution in [-0.2, 0) is 13.2 Å². The molecule has 0 amide bonds. The summed E-state index contributed by atoms with van der Waals surface area (Å²) in [6.45, 7) is 5.99. The molecule has 1 aliphatic rings. The van der Waals surface area contributed by atoms with Gasteiger partial charge in [0.15, 0.2) is 0 Å². The van der Waals surface area contributed by atoms with E-state index in [0.717, 1.165) is 29.8 Å². The van der Waals surface area contributed by atoms with E-state index in [-0.39, 0.29) is 0 Å². The predicted octanol–water partition coefficient (Wildman–Crippen LogP) is 5.00. The van der Waals surface area contributed by atoms with Crippen LogP contribution in [0, 0.1) is 0 Å². The van der Waals surface area contributed by atoms with Crippen molar-refractivity contribution in [3.8, 4) is 17.0 Å². The first-order valence-electron chi connectivity index (χ1n) is 10.3. The van der Waals surface area contributed by atoms with E-state index in [4.69, 9.17) is 9.84 Å². The molecule has 1 unspecified atom stereocenters. The van der Waals surface area contributed by atoms with Crippen molar-refractivity contribution in [2.45, 2.75) is 45.4 Å². The fourth-order valence-electron chi connectivity index (χ4n) is 3.89. The SMILES string of the molecule is CC1CCCCN1CCn1cc(-c2ccccc2)c(OCc2ccccc2)n1. The van der Waals surface area contributed by atoms with E-state index < -0.39 is 0 Å². The van der Waals surface area contributed by atoms with Crippen molar-refractivity contribution in [3.63, 3.8) is 0 Å². The number of aromatic nitrogens is 2. The number of rotatable bonds is 7. The molecule has 1 fully saturated rings. The average molecular weight is 376 g/mol. The summed E-state index contributed by atoms with van der Waals surface area (Å²) in [5.41, 5.74) is 3.35. The Morgan fingerprint density at radius 1 is 0.964 bits per heavy atom. The average Bonchev–Trinajstić information content (AvgIpc) is 3.16. The van der Waals surface area contributed by atoms with Gasteiger partial charge < -0.3 is 4.74 Å². The van der Waals surface area contributed by atoms with Crippen molar-refractivity contribution in [1.82, 2.24) is 14.7 Å². The smallest absolute Gasteiger partial charge is 0.241 e. The van der Waals surface area contributed by atoms with Crippen LogP contribution in [0.5, 0.6) is 5.88 Å². The molecule has 4 heteroatoms. The molecule has 1 atom stereocenters. The van der Waals surface area contributed by atoms with Gasteiger partial charge in [0.2, 0.25) is 5.88 Å². The zero-order valence-corrected chi connectivity index (χ0v) is 16.6. The molecule has 28 heavy (non-hydrogen) atoms. The van der Waals surface area contributed by atoms with Gasteiger partial charge in [-0.15, -0.1) is 5.10 Å². The van der Waals surface area contributed by atoms with Gasteiger partial charge in [-0.3, -0.25) is 9.58 Å². The maximum atomic E-state index is 6.13.